The quantitative estimate of drug-likeness (QED) is 0.833. The van der Waals surface area contributed by atoms with Gasteiger partial charge in [-0.25, -0.2) is 4.79 Å². The van der Waals surface area contributed by atoms with Crippen LogP contribution in [0.2, 0.25) is 5.02 Å². The van der Waals surface area contributed by atoms with Crippen molar-refractivity contribution in [3.8, 4) is 5.75 Å². The summed E-state index contributed by atoms with van der Waals surface area (Å²) in [5.74, 6) is 0.666. The maximum atomic E-state index is 13.0. The fourth-order valence-electron chi connectivity index (χ4n) is 1.95. The Hall–Kier alpha value is -2.41. The van der Waals surface area contributed by atoms with Crippen LogP contribution in [0.25, 0.3) is 0 Å². The van der Waals surface area contributed by atoms with Gasteiger partial charge in [0.05, 0.1) is 18.4 Å². The van der Waals surface area contributed by atoms with Crippen molar-refractivity contribution < 1.29 is 22.7 Å². The fourth-order valence-corrected chi connectivity index (χ4v) is 2.12. The van der Waals surface area contributed by atoms with Gasteiger partial charge in [0.1, 0.15) is 5.75 Å². The average molecular weight is 359 g/mol. The van der Waals surface area contributed by atoms with Crippen LogP contribution in [0.4, 0.5) is 23.7 Å². The van der Waals surface area contributed by atoms with Crippen molar-refractivity contribution in [3.63, 3.8) is 0 Å². The highest BCUT2D eigenvalue weighted by molar-refractivity contribution is 6.30. The molecule has 0 bridgehead atoms. The lowest BCUT2D eigenvalue weighted by Crippen LogP contribution is -2.29. The summed E-state index contributed by atoms with van der Waals surface area (Å²) in [7, 11) is 1.53. The van der Waals surface area contributed by atoms with Crippen molar-refractivity contribution in [1.82, 2.24) is 5.32 Å². The Morgan fingerprint density at radius 2 is 1.83 bits per heavy atom. The number of halogens is 4. The van der Waals surface area contributed by atoms with Gasteiger partial charge in [0.2, 0.25) is 0 Å². The number of alkyl halides is 3. The zero-order chi connectivity index (χ0) is 17.7. The molecule has 4 nitrogen and oxygen atoms in total. The van der Waals surface area contributed by atoms with E-state index in [-0.39, 0.29) is 17.3 Å². The van der Waals surface area contributed by atoms with Crippen LogP contribution < -0.4 is 15.4 Å². The van der Waals surface area contributed by atoms with Crippen molar-refractivity contribution in [2.24, 2.45) is 0 Å². The number of benzene rings is 2. The molecule has 0 radical (unpaired) electrons. The van der Waals surface area contributed by atoms with E-state index < -0.39 is 17.8 Å². The Kier molecular flexibility index (Phi) is 5.56. The second kappa shape index (κ2) is 7.44. The number of nitrogens with one attached hydrogen (secondary N) is 2. The molecule has 2 N–H and O–H groups in total. The standard InChI is InChI=1S/C16H14ClF3N2O2/c1-24-12-5-2-10(3-6-12)9-21-15(23)22-14-7-4-11(17)8-13(14)16(18,19)20/h2-8H,9H2,1H3,(H2,21,22,23). The predicted molar refractivity (Wildman–Crippen MR) is 85.3 cm³/mol. The number of carbonyl (C=O) groups excluding carboxylic acids is 1. The monoisotopic (exact) mass is 358 g/mol. The molecule has 0 unspecified atom stereocenters. The normalized spacial score (nSPS) is 11.0. The van der Waals surface area contributed by atoms with Crippen LogP contribution in [0.3, 0.4) is 0 Å². The highest BCUT2D eigenvalue weighted by Gasteiger charge is 2.34. The summed E-state index contributed by atoms with van der Waals surface area (Å²) in [4.78, 5) is 11.8. The molecule has 8 heteroatoms. The Morgan fingerprint density at radius 3 is 2.42 bits per heavy atom. The molecule has 0 aliphatic rings. The maximum Gasteiger partial charge on any atom is 0.418 e. The first kappa shape index (κ1) is 17.9. The SMILES string of the molecule is COc1ccc(CNC(=O)Nc2ccc(Cl)cc2C(F)(F)F)cc1. The van der Waals surface area contributed by atoms with Crippen LogP contribution in [-0.4, -0.2) is 13.1 Å². The number of anilines is 1. The van der Waals surface area contributed by atoms with Crippen molar-refractivity contribution in [1.29, 1.82) is 0 Å². The van der Waals surface area contributed by atoms with Crippen LogP contribution in [0.15, 0.2) is 42.5 Å². The molecule has 2 aromatic carbocycles. The first-order chi connectivity index (χ1) is 11.3. The number of hydrogen-bond acceptors (Lipinski definition) is 2. The molecule has 2 rings (SSSR count). The molecule has 0 aromatic heterocycles. The van der Waals surface area contributed by atoms with Gasteiger partial charge in [0, 0.05) is 11.6 Å². The highest BCUT2D eigenvalue weighted by atomic mass is 35.5. The van der Waals surface area contributed by atoms with Crippen LogP contribution in [-0.2, 0) is 12.7 Å². The van der Waals surface area contributed by atoms with Gasteiger partial charge in [0.25, 0.3) is 0 Å². The zero-order valence-electron chi connectivity index (χ0n) is 12.6. The number of ether oxygens (including phenoxy) is 1. The van der Waals surface area contributed by atoms with Crippen molar-refractivity contribution in [2.45, 2.75) is 12.7 Å². The number of urea groups is 1. The van der Waals surface area contributed by atoms with Crippen LogP contribution in [0, 0.1) is 0 Å². The lowest BCUT2D eigenvalue weighted by atomic mass is 10.1. The van der Waals surface area contributed by atoms with Crippen molar-refractivity contribution >= 4 is 23.3 Å². The third-order valence-corrected chi connectivity index (χ3v) is 3.38. The van der Waals surface area contributed by atoms with Gasteiger partial charge in [-0.2, -0.15) is 13.2 Å². The summed E-state index contributed by atoms with van der Waals surface area (Å²) < 4.78 is 43.9. The molecule has 24 heavy (non-hydrogen) atoms. The third kappa shape index (κ3) is 4.79. The minimum Gasteiger partial charge on any atom is -0.497 e. The van der Waals surface area contributed by atoms with Gasteiger partial charge in [-0.15, -0.1) is 0 Å². The Labute approximate surface area is 141 Å². The van der Waals surface area contributed by atoms with Crippen molar-refractivity contribution in [3.05, 3.63) is 58.6 Å². The summed E-state index contributed by atoms with van der Waals surface area (Å²) in [5, 5.41) is 4.61. The predicted octanol–water partition coefficient (Wildman–Crippen LogP) is 4.69. The molecule has 0 heterocycles. The number of carbonyl (C=O) groups is 1. The molecule has 0 saturated carbocycles. The van der Waals surface area contributed by atoms with Crippen LogP contribution in [0.1, 0.15) is 11.1 Å². The zero-order valence-corrected chi connectivity index (χ0v) is 13.3. The first-order valence-corrected chi connectivity index (χ1v) is 7.22. The molecule has 0 aliphatic carbocycles. The van der Waals surface area contributed by atoms with Gasteiger partial charge in [-0.05, 0) is 35.9 Å². The Morgan fingerprint density at radius 1 is 1.17 bits per heavy atom. The van der Waals surface area contributed by atoms with E-state index in [9.17, 15) is 18.0 Å². The second-order valence-electron chi connectivity index (χ2n) is 4.84. The largest absolute Gasteiger partial charge is 0.497 e. The van der Waals surface area contributed by atoms with E-state index in [2.05, 4.69) is 10.6 Å². The minimum absolute atomic E-state index is 0.0634. The topological polar surface area (TPSA) is 50.4 Å². The van der Waals surface area contributed by atoms with Gasteiger partial charge in [-0.1, -0.05) is 23.7 Å². The molecule has 128 valence electrons. The van der Waals surface area contributed by atoms with E-state index in [1.807, 2.05) is 0 Å². The molecule has 0 aliphatic heterocycles. The minimum atomic E-state index is -4.62. The second-order valence-corrected chi connectivity index (χ2v) is 5.28. The lowest BCUT2D eigenvalue weighted by Gasteiger charge is -2.14. The summed E-state index contributed by atoms with van der Waals surface area (Å²) in [6, 6.07) is 9.31. The smallest absolute Gasteiger partial charge is 0.418 e. The molecule has 0 spiro atoms. The molecule has 0 atom stereocenters. The lowest BCUT2D eigenvalue weighted by molar-refractivity contribution is -0.136. The van der Waals surface area contributed by atoms with Gasteiger partial charge in [-0.3, -0.25) is 0 Å². The molecular weight excluding hydrogens is 345 g/mol. The number of hydrogen-bond donors (Lipinski definition) is 2. The summed E-state index contributed by atoms with van der Waals surface area (Å²) in [6.07, 6.45) is -4.62. The maximum absolute atomic E-state index is 13.0. The Balaban J connectivity index is 2.02. The van der Waals surface area contributed by atoms with Crippen molar-refractivity contribution in [2.75, 3.05) is 12.4 Å². The van der Waals surface area contributed by atoms with Gasteiger partial charge in [0.15, 0.2) is 0 Å². The van der Waals surface area contributed by atoms with E-state index in [0.717, 1.165) is 17.7 Å². The summed E-state index contributed by atoms with van der Waals surface area (Å²) >= 11 is 5.59. The van der Waals surface area contributed by atoms with E-state index in [0.29, 0.717) is 5.75 Å². The number of methoxy groups -OCH3 is 1. The third-order valence-electron chi connectivity index (χ3n) is 3.15. The summed E-state index contributed by atoms with van der Waals surface area (Å²) in [6.45, 7) is 0.158. The van der Waals surface area contributed by atoms with E-state index >= 15 is 0 Å². The average Bonchev–Trinajstić information content (AvgIpc) is 2.54. The van der Waals surface area contributed by atoms with E-state index in [1.54, 1.807) is 24.3 Å². The summed E-state index contributed by atoms with van der Waals surface area (Å²) in [5.41, 5.74) is -0.591. The fraction of sp³-hybridized carbons (Fsp3) is 0.188. The first-order valence-electron chi connectivity index (χ1n) is 6.84. The van der Waals surface area contributed by atoms with E-state index in [1.165, 1.54) is 13.2 Å². The van der Waals surface area contributed by atoms with Gasteiger partial charge < -0.3 is 15.4 Å². The molecule has 0 fully saturated rings. The van der Waals surface area contributed by atoms with Gasteiger partial charge >= 0.3 is 12.2 Å². The van der Waals surface area contributed by atoms with Crippen LogP contribution >= 0.6 is 11.6 Å². The van der Waals surface area contributed by atoms with E-state index in [4.69, 9.17) is 16.3 Å². The molecule has 0 saturated heterocycles. The molecular formula is C16H14ClF3N2O2. The molecule has 2 aromatic rings. The molecule has 2 amide bonds. The Bertz CT molecular complexity index is 718. The highest BCUT2D eigenvalue weighted by Crippen LogP contribution is 2.36. The number of amides is 2. The number of rotatable bonds is 4. The van der Waals surface area contributed by atoms with Crippen LogP contribution in [0.5, 0.6) is 5.75 Å².